The van der Waals surface area contributed by atoms with E-state index in [9.17, 15) is 0 Å². The summed E-state index contributed by atoms with van der Waals surface area (Å²) in [5, 5.41) is 0. The van der Waals surface area contributed by atoms with Gasteiger partial charge in [-0.1, -0.05) is 88.6 Å². The summed E-state index contributed by atoms with van der Waals surface area (Å²) in [5.74, 6) is 2.11. The number of rotatable bonds is 7. The third-order valence-corrected chi connectivity index (χ3v) is 4.83. The molecular formula is C19H30. The van der Waals surface area contributed by atoms with Crippen LogP contribution in [0.4, 0.5) is 0 Å². The maximum Gasteiger partial charge on any atom is -0.0279 e. The number of aryl methyl sites for hydroxylation is 1. The van der Waals surface area contributed by atoms with E-state index in [1.165, 1.54) is 69.8 Å². The molecule has 0 bridgehead atoms. The van der Waals surface area contributed by atoms with Gasteiger partial charge >= 0.3 is 0 Å². The minimum Gasteiger partial charge on any atom is -0.0654 e. The minimum atomic E-state index is 1.05. The lowest BCUT2D eigenvalue weighted by molar-refractivity contribution is 0.248. The lowest BCUT2D eigenvalue weighted by Gasteiger charge is -2.28. The van der Waals surface area contributed by atoms with Crippen molar-refractivity contribution >= 4 is 0 Å². The van der Waals surface area contributed by atoms with E-state index in [-0.39, 0.29) is 0 Å². The van der Waals surface area contributed by atoms with E-state index in [4.69, 9.17) is 0 Å². The molecule has 1 aromatic rings. The second kappa shape index (κ2) is 8.40. The van der Waals surface area contributed by atoms with E-state index in [1.54, 1.807) is 0 Å². The molecule has 0 N–H and O–H groups in total. The number of unbranched alkanes of at least 4 members (excludes halogenated alkanes) is 1. The molecule has 0 radical (unpaired) electrons. The quantitative estimate of drug-likeness (QED) is 0.526. The van der Waals surface area contributed by atoms with E-state index >= 15 is 0 Å². The molecule has 0 saturated heterocycles. The molecule has 19 heavy (non-hydrogen) atoms. The Morgan fingerprint density at radius 3 is 2.11 bits per heavy atom. The van der Waals surface area contributed by atoms with Crippen LogP contribution in [0.25, 0.3) is 0 Å². The first-order chi connectivity index (χ1) is 9.38. The number of hydrogen-bond donors (Lipinski definition) is 0. The van der Waals surface area contributed by atoms with Gasteiger partial charge in [0.25, 0.3) is 0 Å². The second-order valence-corrected chi connectivity index (χ2v) is 6.41. The van der Waals surface area contributed by atoms with E-state index in [2.05, 4.69) is 37.3 Å². The van der Waals surface area contributed by atoms with Crippen LogP contribution in [0.5, 0.6) is 0 Å². The summed E-state index contributed by atoms with van der Waals surface area (Å²) >= 11 is 0. The second-order valence-electron chi connectivity index (χ2n) is 6.41. The molecule has 0 aliphatic heterocycles. The molecule has 0 aromatic heterocycles. The summed E-state index contributed by atoms with van der Waals surface area (Å²) in [4.78, 5) is 0. The van der Waals surface area contributed by atoms with Crippen LogP contribution in [0.15, 0.2) is 30.3 Å². The fourth-order valence-electron chi connectivity index (χ4n) is 3.62. The molecule has 0 heteroatoms. The molecule has 1 fully saturated rings. The smallest absolute Gasteiger partial charge is 0.0279 e. The summed E-state index contributed by atoms with van der Waals surface area (Å²) in [5.41, 5.74) is 1.51. The molecule has 0 heterocycles. The largest absolute Gasteiger partial charge is 0.0654 e. The monoisotopic (exact) mass is 258 g/mol. The van der Waals surface area contributed by atoms with Crippen molar-refractivity contribution in [3.05, 3.63) is 35.9 Å². The molecule has 1 aliphatic rings. The van der Waals surface area contributed by atoms with Gasteiger partial charge in [-0.25, -0.2) is 0 Å². The average molecular weight is 258 g/mol. The van der Waals surface area contributed by atoms with E-state index in [0.717, 1.165) is 11.8 Å². The van der Waals surface area contributed by atoms with Gasteiger partial charge in [-0.3, -0.25) is 0 Å². The Morgan fingerprint density at radius 2 is 1.47 bits per heavy atom. The van der Waals surface area contributed by atoms with Gasteiger partial charge in [0, 0.05) is 0 Å². The fourth-order valence-corrected chi connectivity index (χ4v) is 3.62. The van der Waals surface area contributed by atoms with Gasteiger partial charge in [0.05, 0.1) is 0 Å². The Kier molecular flexibility index (Phi) is 6.47. The summed E-state index contributed by atoms with van der Waals surface area (Å²) < 4.78 is 0. The summed E-state index contributed by atoms with van der Waals surface area (Å²) in [6.07, 6.45) is 14.4. The first-order valence-corrected chi connectivity index (χ1v) is 8.42. The van der Waals surface area contributed by atoms with E-state index in [0.29, 0.717) is 0 Å². The molecule has 0 nitrogen and oxygen atoms in total. The molecule has 1 aliphatic carbocycles. The van der Waals surface area contributed by atoms with Gasteiger partial charge in [0.15, 0.2) is 0 Å². The van der Waals surface area contributed by atoms with Crippen molar-refractivity contribution in [3.63, 3.8) is 0 Å². The molecule has 0 amide bonds. The zero-order chi connectivity index (χ0) is 13.3. The highest BCUT2D eigenvalue weighted by atomic mass is 14.3. The van der Waals surface area contributed by atoms with Crippen LogP contribution in [0.3, 0.4) is 0 Å². The van der Waals surface area contributed by atoms with Crippen LogP contribution in [0, 0.1) is 11.8 Å². The summed E-state index contributed by atoms with van der Waals surface area (Å²) in [6, 6.07) is 10.9. The van der Waals surface area contributed by atoms with E-state index < -0.39 is 0 Å². The van der Waals surface area contributed by atoms with Crippen molar-refractivity contribution in [2.45, 2.75) is 71.1 Å². The third kappa shape index (κ3) is 5.38. The maximum absolute atomic E-state index is 2.33. The van der Waals surface area contributed by atoms with Crippen LogP contribution in [0.2, 0.25) is 0 Å². The minimum absolute atomic E-state index is 1.05. The lowest BCUT2D eigenvalue weighted by atomic mass is 9.78. The zero-order valence-corrected chi connectivity index (χ0v) is 12.6. The van der Waals surface area contributed by atoms with Crippen molar-refractivity contribution < 1.29 is 0 Å². The van der Waals surface area contributed by atoms with Gasteiger partial charge < -0.3 is 0 Å². The first-order valence-electron chi connectivity index (χ1n) is 8.42. The number of benzene rings is 1. The van der Waals surface area contributed by atoms with Gasteiger partial charge in [0.1, 0.15) is 0 Å². The van der Waals surface area contributed by atoms with Crippen molar-refractivity contribution in [2.75, 3.05) is 0 Å². The van der Waals surface area contributed by atoms with E-state index in [1.807, 2.05) is 0 Å². The molecule has 1 saturated carbocycles. The molecule has 0 unspecified atom stereocenters. The fraction of sp³-hybridized carbons (Fsp3) is 0.684. The Balaban J connectivity index is 1.55. The molecule has 1 aromatic carbocycles. The molecule has 0 atom stereocenters. The summed E-state index contributed by atoms with van der Waals surface area (Å²) in [7, 11) is 0. The highest BCUT2D eigenvalue weighted by molar-refractivity contribution is 5.14. The van der Waals surface area contributed by atoms with Gasteiger partial charge in [-0.2, -0.15) is 0 Å². The van der Waals surface area contributed by atoms with Crippen molar-refractivity contribution in [1.29, 1.82) is 0 Å². The van der Waals surface area contributed by atoms with Crippen LogP contribution < -0.4 is 0 Å². The predicted molar refractivity (Wildman–Crippen MR) is 84.4 cm³/mol. The third-order valence-electron chi connectivity index (χ3n) is 4.83. The lowest BCUT2D eigenvalue weighted by Crippen LogP contribution is -2.14. The highest BCUT2D eigenvalue weighted by Gasteiger charge is 2.19. The summed E-state index contributed by atoms with van der Waals surface area (Å²) in [6.45, 7) is 2.33. The maximum atomic E-state index is 2.33. The Bertz CT molecular complexity index is 319. The van der Waals surface area contributed by atoms with Gasteiger partial charge in [-0.05, 0) is 30.2 Å². The van der Waals surface area contributed by atoms with Crippen LogP contribution in [0.1, 0.15) is 70.3 Å². The number of hydrogen-bond acceptors (Lipinski definition) is 0. The normalized spacial score (nSPS) is 23.4. The predicted octanol–water partition coefficient (Wildman–Crippen LogP) is 6.01. The molecule has 0 spiro atoms. The highest BCUT2D eigenvalue weighted by Crippen LogP contribution is 2.34. The topological polar surface area (TPSA) is 0 Å². The van der Waals surface area contributed by atoms with Gasteiger partial charge in [-0.15, -0.1) is 0 Å². The Hall–Kier alpha value is -0.780. The standard InChI is InChI=1S/C19H30/c1-2-8-17-13-15-19(16-14-17)12-7-6-11-18-9-4-3-5-10-18/h3-5,9-10,17,19H,2,6-8,11-16H2,1H3/t17-,19-. The molecule has 106 valence electrons. The van der Waals surface area contributed by atoms with Crippen LogP contribution >= 0.6 is 0 Å². The Labute approximate surface area is 119 Å². The van der Waals surface area contributed by atoms with Crippen LogP contribution in [-0.4, -0.2) is 0 Å². The van der Waals surface area contributed by atoms with Crippen molar-refractivity contribution in [3.8, 4) is 0 Å². The van der Waals surface area contributed by atoms with Crippen molar-refractivity contribution in [2.24, 2.45) is 11.8 Å². The molecule has 2 rings (SSSR count). The molecular weight excluding hydrogens is 228 g/mol. The van der Waals surface area contributed by atoms with Gasteiger partial charge in [0.2, 0.25) is 0 Å². The Morgan fingerprint density at radius 1 is 0.842 bits per heavy atom. The first kappa shape index (κ1) is 14.6. The van der Waals surface area contributed by atoms with Crippen LogP contribution in [-0.2, 0) is 6.42 Å². The zero-order valence-electron chi connectivity index (χ0n) is 12.6. The average Bonchev–Trinajstić information content (AvgIpc) is 2.47. The van der Waals surface area contributed by atoms with Crippen molar-refractivity contribution in [1.82, 2.24) is 0 Å². The SMILES string of the molecule is CCC[C@H]1CC[C@H](CCCCc2ccccc2)CC1.